The second-order valence-electron chi connectivity index (χ2n) is 5.76. The van der Waals surface area contributed by atoms with E-state index in [9.17, 15) is 0 Å². The van der Waals surface area contributed by atoms with Crippen LogP contribution >= 0.6 is 0 Å². The Labute approximate surface area is 118 Å². The second-order valence-corrected chi connectivity index (χ2v) is 5.76. The molecule has 0 fully saturated rings. The van der Waals surface area contributed by atoms with Gasteiger partial charge in [0.2, 0.25) is 0 Å². The van der Waals surface area contributed by atoms with Crippen LogP contribution in [0.5, 0.6) is 0 Å². The molecule has 0 aromatic heterocycles. The lowest BCUT2D eigenvalue weighted by molar-refractivity contribution is 0.546. The fourth-order valence-corrected chi connectivity index (χ4v) is 2.82. The molecule has 0 aliphatic heterocycles. The number of aryl methyl sites for hydroxylation is 2. The molecule has 2 rings (SSSR count). The highest BCUT2D eigenvalue weighted by Crippen LogP contribution is 2.30. The first kappa shape index (κ1) is 14.3. The summed E-state index contributed by atoms with van der Waals surface area (Å²) in [7, 11) is 0. The molecule has 104 valence electrons. The van der Waals surface area contributed by atoms with Crippen molar-refractivity contribution in [1.29, 1.82) is 0 Å². The minimum Gasteiger partial charge on any atom is -0.307 e. The fourth-order valence-electron chi connectivity index (χ4n) is 2.82. The number of hydrogen-bond donors (Lipinski definition) is 1. The molecule has 0 saturated carbocycles. The summed E-state index contributed by atoms with van der Waals surface area (Å²) in [6.07, 6.45) is 8.87. The van der Waals surface area contributed by atoms with Crippen LogP contribution in [0.2, 0.25) is 0 Å². The lowest BCUT2D eigenvalue weighted by Crippen LogP contribution is -2.24. The Balaban J connectivity index is 2.25. The highest BCUT2D eigenvalue weighted by molar-refractivity contribution is 5.36. The van der Waals surface area contributed by atoms with Gasteiger partial charge in [-0.05, 0) is 69.2 Å². The van der Waals surface area contributed by atoms with E-state index in [0.717, 1.165) is 6.54 Å². The van der Waals surface area contributed by atoms with Gasteiger partial charge in [0.25, 0.3) is 0 Å². The van der Waals surface area contributed by atoms with Crippen LogP contribution in [-0.4, -0.2) is 6.54 Å². The second kappa shape index (κ2) is 6.91. The van der Waals surface area contributed by atoms with Gasteiger partial charge in [0, 0.05) is 0 Å². The largest absolute Gasteiger partial charge is 0.307 e. The molecule has 1 aliphatic carbocycles. The molecule has 0 amide bonds. The molecule has 1 nitrogen and oxygen atoms in total. The van der Waals surface area contributed by atoms with Crippen molar-refractivity contribution in [3.63, 3.8) is 0 Å². The van der Waals surface area contributed by atoms with Crippen LogP contribution in [0, 0.1) is 13.8 Å². The number of nitrogens with one attached hydrogen (secondary N) is 1. The van der Waals surface area contributed by atoms with E-state index in [2.05, 4.69) is 50.4 Å². The summed E-state index contributed by atoms with van der Waals surface area (Å²) in [5, 5.41) is 3.73. The van der Waals surface area contributed by atoms with E-state index in [1.807, 2.05) is 0 Å². The number of allylic oxidation sites excluding steroid dienone is 1. The zero-order valence-corrected chi connectivity index (χ0v) is 12.6. The average Bonchev–Trinajstić information content (AvgIpc) is 2.44. The highest BCUT2D eigenvalue weighted by Gasteiger charge is 2.17. The molecule has 19 heavy (non-hydrogen) atoms. The molecule has 1 heteroatoms. The van der Waals surface area contributed by atoms with E-state index in [4.69, 9.17) is 0 Å². The molecule has 0 radical (unpaired) electrons. The summed E-state index contributed by atoms with van der Waals surface area (Å²) in [5.74, 6) is 0. The third kappa shape index (κ3) is 3.70. The topological polar surface area (TPSA) is 12.0 Å². The van der Waals surface area contributed by atoms with Gasteiger partial charge in [0.15, 0.2) is 0 Å². The fraction of sp³-hybridized carbons (Fsp3) is 0.556. The Hall–Kier alpha value is -1.08. The smallest absolute Gasteiger partial charge is 0.0536 e. The maximum atomic E-state index is 3.73. The van der Waals surface area contributed by atoms with Gasteiger partial charge in [0.05, 0.1) is 6.04 Å². The standard InChI is InChI=1S/C18H27N/c1-4-12-19-18(16-8-6-5-7-9-16)17-11-10-14(2)15(3)13-17/h8,10-11,13,18-19H,4-7,9,12H2,1-3H3. The zero-order valence-electron chi connectivity index (χ0n) is 12.6. The minimum atomic E-state index is 0.430. The summed E-state index contributed by atoms with van der Waals surface area (Å²) < 4.78 is 0. The van der Waals surface area contributed by atoms with E-state index in [1.165, 1.54) is 48.8 Å². The van der Waals surface area contributed by atoms with E-state index in [0.29, 0.717) is 6.04 Å². The SMILES string of the molecule is CCCNC(C1=CCCCC1)c1ccc(C)c(C)c1. The Bertz CT molecular complexity index is 445. The first-order valence-corrected chi connectivity index (χ1v) is 7.72. The van der Waals surface area contributed by atoms with Crippen molar-refractivity contribution in [1.82, 2.24) is 5.32 Å². The van der Waals surface area contributed by atoms with Gasteiger partial charge in [-0.1, -0.05) is 36.8 Å². The summed E-state index contributed by atoms with van der Waals surface area (Å²) in [6, 6.07) is 7.34. The van der Waals surface area contributed by atoms with Crippen molar-refractivity contribution in [2.45, 2.75) is 58.9 Å². The maximum absolute atomic E-state index is 3.73. The third-order valence-electron chi connectivity index (χ3n) is 4.16. The first-order valence-electron chi connectivity index (χ1n) is 7.72. The number of rotatable bonds is 5. The molecule has 1 N–H and O–H groups in total. The van der Waals surface area contributed by atoms with Crippen molar-refractivity contribution in [3.05, 3.63) is 46.5 Å². The van der Waals surface area contributed by atoms with Crippen molar-refractivity contribution in [3.8, 4) is 0 Å². The van der Waals surface area contributed by atoms with Gasteiger partial charge < -0.3 is 5.32 Å². The van der Waals surface area contributed by atoms with Crippen LogP contribution in [0.25, 0.3) is 0 Å². The average molecular weight is 257 g/mol. The van der Waals surface area contributed by atoms with E-state index >= 15 is 0 Å². The van der Waals surface area contributed by atoms with Crippen LogP contribution in [0.3, 0.4) is 0 Å². The summed E-state index contributed by atoms with van der Waals surface area (Å²) in [6.45, 7) is 7.73. The van der Waals surface area contributed by atoms with Gasteiger partial charge in [-0.3, -0.25) is 0 Å². The van der Waals surface area contributed by atoms with Crippen LogP contribution in [-0.2, 0) is 0 Å². The number of benzene rings is 1. The molecular weight excluding hydrogens is 230 g/mol. The van der Waals surface area contributed by atoms with Crippen molar-refractivity contribution in [2.75, 3.05) is 6.54 Å². The van der Waals surface area contributed by atoms with Gasteiger partial charge in [-0.2, -0.15) is 0 Å². The quantitative estimate of drug-likeness (QED) is 0.744. The molecular formula is C18H27N. The van der Waals surface area contributed by atoms with E-state index < -0.39 is 0 Å². The van der Waals surface area contributed by atoms with Crippen molar-refractivity contribution in [2.24, 2.45) is 0 Å². The Morgan fingerprint density at radius 1 is 1.16 bits per heavy atom. The monoisotopic (exact) mass is 257 g/mol. The summed E-state index contributed by atoms with van der Waals surface area (Å²) >= 11 is 0. The van der Waals surface area contributed by atoms with Crippen LogP contribution in [0.4, 0.5) is 0 Å². The molecule has 0 spiro atoms. The minimum absolute atomic E-state index is 0.430. The zero-order chi connectivity index (χ0) is 13.7. The van der Waals surface area contributed by atoms with Crippen LogP contribution < -0.4 is 5.32 Å². The van der Waals surface area contributed by atoms with Gasteiger partial charge >= 0.3 is 0 Å². The van der Waals surface area contributed by atoms with Crippen LogP contribution in [0.1, 0.15) is 61.8 Å². The Kier molecular flexibility index (Phi) is 5.21. The summed E-state index contributed by atoms with van der Waals surface area (Å²) in [4.78, 5) is 0. The van der Waals surface area contributed by atoms with Gasteiger partial charge in [0.1, 0.15) is 0 Å². The third-order valence-corrected chi connectivity index (χ3v) is 4.16. The van der Waals surface area contributed by atoms with Gasteiger partial charge in [-0.15, -0.1) is 0 Å². The van der Waals surface area contributed by atoms with E-state index in [-0.39, 0.29) is 0 Å². The maximum Gasteiger partial charge on any atom is 0.0536 e. The lowest BCUT2D eigenvalue weighted by Gasteiger charge is -2.25. The number of hydrogen-bond acceptors (Lipinski definition) is 1. The molecule has 1 atom stereocenters. The van der Waals surface area contributed by atoms with Crippen molar-refractivity contribution >= 4 is 0 Å². The van der Waals surface area contributed by atoms with Crippen LogP contribution in [0.15, 0.2) is 29.8 Å². The predicted molar refractivity (Wildman–Crippen MR) is 83.5 cm³/mol. The van der Waals surface area contributed by atoms with E-state index in [1.54, 1.807) is 5.57 Å². The lowest BCUT2D eigenvalue weighted by atomic mass is 9.88. The molecule has 1 aromatic rings. The highest BCUT2D eigenvalue weighted by atomic mass is 14.9. The first-order chi connectivity index (χ1) is 9.22. The molecule has 0 heterocycles. The normalized spacial score (nSPS) is 17.1. The predicted octanol–water partition coefficient (Wildman–Crippen LogP) is 4.84. The Morgan fingerprint density at radius 3 is 2.63 bits per heavy atom. The summed E-state index contributed by atoms with van der Waals surface area (Å²) in [5.41, 5.74) is 5.82. The Morgan fingerprint density at radius 2 is 2.00 bits per heavy atom. The molecule has 1 aromatic carbocycles. The molecule has 0 bridgehead atoms. The molecule has 0 saturated heterocycles. The molecule has 1 aliphatic rings. The van der Waals surface area contributed by atoms with Crippen molar-refractivity contribution < 1.29 is 0 Å². The molecule has 1 unspecified atom stereocenters. The van der Waals surface area contributed by atoms with Gasteiger partial charge in [-0.25, -0.2) is 0 Å².